The van der Waals surface area contributed by atoms with Crippen molar-refractivity contribution in [3.63, 3.8) is 0 Å². The number of aromatic nitrogens is 1. The minimum absolute atomic E-state index is 0.314. The van der Waals surface area contributed by atoms with E-state index >= 15 is 0 Å². The van der Waals surface area contributed by atoms with Gasteiger partial charge in [0.1, 0.15) is 11.9 Å². The van der Waals surface area contributed by atoms with Crippen LogP contribution in [0.15, 0.2) is 6.07 Å². The van der Waals surface area contributed by atoms with Crippen LogP contribution in [0.4, 0.5) is 5.82 Å². The first-order valence-electron chi connectivity index (χ1n) is 6.01. The Morgan fingerprint density at radius 3 is 2.83 bits per heavy atom. The highest BCUT2D eigenvalue weighted by Crippen LogP contribution is 2.25. The van der Waals surface area contributed by atoms with Gasteiger partial charge < -0.3 is 9.64 Å². The quantitative estimate of drug-likeness (QED) is 0.757. The van der Waals surface area contributed by atoms with Gasteiger partial charge in [-0.05, 0) is 26.3 Å². The van der Waals surface area contributed by atoms with Crippen LogP contribution in [0.1, 0.15) is 35.0 Å². The second-order valence-corrected chi connectivity index (χ2v) is 4.17. The molecule has 1 fully saturated rings. The van der Waals surface area contributed by atoms with Gasteiger partial charge in [-0.1, -0.05) is 0 Å². The first kappa shape index (κ1) is 12.4. The maximum absolute atomic E-state index is 11.7. The number of nitriles is 1. The predicted molar refractivity (Wildman–Crippen MR) is 66.5 cm³/mol. The Hall–Kier alpha value is -2.09. The van der Waals surface area contributed by atoms with Crippen LogP contribution in [0.25, 0.3) is 0 Å². The van der Waals surface area contributed by atoms with E-state index in [9.17, 15) is 4.79 Å². The van der Waals surface area contributed by atoms with Crippen LogP contribution in [-0.4, -0.2) is 30.6 Å². The average Bonchev–Trinajstić information content (AvgIpc) is 2.27. The number of rotatable bonds is 3. The molecule has 0 amide bonds. The van der Waals surface area contributed by atoms with Crippen LogP contribution in [0.2, 0.25) is 0 Å². The van der Waals surface area contributed by atoms with Crippen LogP contribution in [0.3, 0.4) is 0 Å². The normalized spacial score (nSPS) is 13.7. The molecule has 0 spiro atoms. The summed E-state index contributed by atoms with van der Waals surface area (Å²) < 4.78 is 4.95. The lowest BCUT2D eigenvalue weighted by molar-refractivity contribution is 0.0525. The van der Waals surface area contributed by atoms with Gasteiger partial charge in [0, 0.05) is 13.1 Å². The van der Waals surface area contributed by atoms with Gasteiger partial charge in [0.2, 0.25) is 0 Å². The maximum Gasteiger partial charge on any atom is 0.340 e. The number of carbonyl (C=O) groups excluding carboxylic acids is 1. The molecule has 5 heteroatoms. The molecule has 1 saturated heterocycles. The fraction of sp³-hybridized carbons (Fsp3) is 0.462. The largest absolute Gasteiger partial charge is 0.462 e. The number of hydrogen-bond donors (Lipinski definition) is 0. The van der Waals surface area contributed by atoms with Crippen LogP contribution in [0.5, 0.6) is 0 Å². The van der Waals surface area contributed by atoms with Crippen molar-refractivity contribution < 1.29 is 9.53 Å². The highest BCUT2D eigenvalue weighted by Gasteiger charge is 2.22. The molecule has 0 saturated carbocycles. The summed E-state index contributed by atoms with van der Waals surface area (Å²) in [5, 5.41) is 9.15. The fourth-order valence-corrected chi connectivity index (χ4v) is 1.86. The van der Waals surface area contributed by atoms with Gasteiger partial charge in [-0.3, -0.25) is 0 Å². The van der Waals surface area contributed by atoms with Gasteiger partial charge >= 0.3 is 5.97 Å². The molecule has 2 heterocycles. The highest BCUT2D eigenvalue weighted by atomic mass is 16.5. The Labute approximate surface area is 106 Å². The van der Waals surface area contributed by atoms with E-state index in [0.717, 1.165) is 19.5 Å². The number of hydrogen-bond acceptors (Lipinski definition) is 5. The lowest BCUT2D eigenvalue weighted by atomic mass is 10.1. The topological polar surface area (TPSA) is 66.2 Å². The van der Waals surface area contributed by atoms with Crippen molar-refractivity contribution in [3.8, 4) is 6.07 Å². The summed E-state index contributed by atoms with van der Waals surface area (Å²) in [5.41, 5.74) is 1.41. The third-order valence-electron chi connectivity index (χ3n) is 2.96. The summed E-state index contributed by atoms with van der Waals surface area (Å²) in [7, 11) is 0. The van der Waals surface area contributed by atoms with E-state index in [1.807, 2.05) is 4.90 Å². The predicted octanol–water partition coefficient (Wildman–Crippen LogP) is 1.65. The summed E-state index contributed by atoms with van der Waals surface area (Å²) in [5.74, 6) is 0.253. The lowest BCUT2D eigenvalue weighted by Crippen LogP contribution is -2.38. The van der Waals surface area contributed by atoms with E-state index in [4.69, 9.17) is 10.00 Å². The molecular weight excluding hydrogens is 230 g/mol. The van der Waals surface area contributed by atoms with Gasteiger partial charge in [0.15, 0.2) is 0 Å². The highest BCUT2D eigenvalue weighted by molar-refractivity contribution is 5.91. The zero-order valence-electron chi connectivity index (χ0n) is 10.6. The zero-order chi connectivity index (χ0) is 13.1. The molecule has 0 bridgehead atoms. The summed E-state index contributed by atoms with van der Waals surface area (Å²) in [6.45, 7) is 5.66. The van der Waals surface area contributed by atoms with E-state index in [0.29, 0.717) is 29.2 Å². The minimum atomic E-state index is -0.422. The second-order valence-electron chi connectivity index (χ2n) is 4.17. The Morgan fingerprint density at radius 2 is 2.33 bits per heavy atom. The summed E-state index contributed by atoms with van der Waals surface area (Å²) >= 11 is 0. The molecule has 1 aliphatic heterocycles. The van der Waals surface area contributed by atoms with Crippen LogP contribution in [0, 0.1) is 18.3 Å². The van der Waals surface area contributed by atoms with Crippen LogP contribution < -0.4 is 4.90 Å². The molecule has 0 radical (unpaired) electrons. The van der Waals surface area contributed by atoms with Crippen LogP contribution >= 0.6 is 0 Å². The second kappa shape index (κ2) is 5.05. The van der Waals surface area contributed by atoms with Crippen molar-refractivity contribution in [2.24, 2.45) is 0 Å². The summed E-state index contributed by atoms with van der Waals surface area (Å²) in [4.78, 5) is 18.1. The van der Waals surface area contributed by atoms with Gasteiger partial charge in [-0.2, -0.15) is 5.26 Å². The molecule has 0 N–H and O–H groups in total. The van der Waals surface area contributed by atoms with Crippen molar-refractivity contribution in [2.45, 2.75) is 20.3 Å². The number of pyridine rings is 1. The Kier molecular flexibility index (Phi) is 3.47. The van der Waals surface area contributed by atoms with E-state index < -0.39 is 5.97 Å². The fourth-order valence-electron chi connectivity index (χ4n) is 1.86. The van der Waals surface area contributed by atoms with Gasteiger partial charge in [-0.25, -0.2) is 9.78 Å². The SMILES string of the molecule is CCOC(=O)c1cc(C#N)c(N2CCC2)nc1C. The third-order valence-corrected chi connectivity index (χ3v) is 2.96. The molecule has 2 rings (SSSR count). The van der Waals surface area contributed by atoms with Crippen molar-refractivity contribution >= 4 is 11.8 Å². The molecule has 1 aliphatic rings. The van der Waals surface area contributed by atoms with E-state index in [1.165, 1.54) is 0 Å². The van der Waals surface area contributed by atoms with Crippen LogP contribution in [-0.2, 0) is 4.74 Å². The monoisotopic (exact) mass is 245 g/mol. The van der Waals surface area contributed by atoms with Crippen molar-refractivity contribution in [2.75, 3.05) is 24.6 Å². The number of anilines is 1. The Bertz CT molecular complexity index is 516. The van der Waals surface area contributed by atoms with Gasteiger partial charge in [-0.15, -0.1) is 0 Å². The molecule has 1 aromatic rings. The standard InChI is InChI=1S/C13H15N3O2/c1-3-18-13(17)11-7-10(8-14)12(15-9(11)2)16-5-4-6-16/h7H,3-6H2,1-2H3. The lowest BCUT2D eigenvalue weighted by Gasteiger charge is -2.32. The number of carbonyl (C=O) groups is 1. The third kappa shape index (κ3) is 2.14. The smallest absolute Gasteiger partial charge is 0.340 e. The first-order chi connectivity index (χ1) is 8.67. The zero-order valence-corrected chi connectivity index (χ0v) is 10.6. The van der Waals surface area contributed by atoms with Crippen molar-refractivity contribution in [1.29, 1.82) is 5.26 Å². The Morgan fingerprint density at radius 1 is 1.61 bits per heavy atom. The molecular formula is C13H15N3O2. The molecule has 0 unspecified atom stereocenters. The minimum Gasteiger partial charge on any atom is -0.462 e. The number of nitrogens with zero attached hydrogens (tertiary/aromatic N) is 3. The molecule has 94 valence electrons. The first-order valence-corrected chi connectivity index (χ1v) is 6.01. The van der Waals surface area contributed by atoms with Crippen molar-refractivity contribution in [3.05, 3.63) is 22.9 Å². The molecule has 5 nitrogen and oxygen atoms in total. The number of esters is 1. The molecule has 0 atom stereocenters. The molecule has 1 aromatic heterocycles. The van der Waals surface area contributed by atoms with E-state index in [2.05, 4.69) is 11.1 Å². The maximum atomic E-state index is 11.7. The Balaban J connectivity index is 2.39. The van der Waals surface area contributed by atoms with Crippen molar-refractivity contribution in [1.82, 2.24) is 4.98 Å². The van der Waals surface area contributed by atoms with E-state index in [1.54, 1.807) is 19.9 Å². The molecule has 18 heavy (non-hydrogen) atoms. The van der Waals surface area contributed by atoms with Gasteiger partial charge in [0.05, 0.1) is 23.4 Å². The number of aryl methyl sites for hydroxylation is 1. The summed E-state index contributed by atoms with van der Waals surface area (Å²) in [6, 6.07) is 3.67. The van der Waals surface area contributed by atoms with E-state index in [-0.39, 0.29) is 0 Å². The molecule has 0 aromatic carbocycles. The summed E-state index contributed by atoms with van der Waals surface area (Å²) in [6.07, 6.45) is 1.12. The molecule has 0 aliphatic carbocycles. The number of ether oxygens (including phenoxy) is 1. The van der Waals surface area contributed by atoms with Gasteiger partial charge in [0.25, 0.3) is 0 Å². The average molecular weight is 245 g/mol.